The molecule has 5 heteroatoms. The highest BCUT2D eigenvalue weighted by Gasteiger charge is 2.25. The maximum absolute atomic E-state index is 12.7. The van der Waals surface area contributed by atoms with Crippen molar-refractivity contribution in [3.63, 3.8) is 0 Å². The number of hydrogen-bond donors (Lipinski definition) is 1. The van der Waals surface area contributed by atoms with Crippen molar-refractivity contribution < 1.29 is 4.79 Å². The first kappa shape index (κ1) is 17.3. The van der Waals surface area contributed by atoms with E-state index < -0.39 is 0 Å². The molecule has 1 aliphatic heterocycles. The van der Waals surface area contributed by atoms with Crippen LogP contribution in [0.25, 0.3) is 10.9 Å². The number of thiophene rings is 1. The molecule has 0 saturated carbocycles. The lowest BCUT2D eigenvalue weighted by Crippen LogP contribution is -2.37. The topological polar surface area (TPSA) is 51.3 Å². The summed E-state index contributed by atoms with van der Waals surface area (Å²) < 4.78 is 1.71. The Balaban J connectivity index is 1.67. The zero-order valence-electron chi connectivity index (χ0n) is 15.3. The molecule has 3 aromatic rings. The fourth-order valence-electron chi connectivity index (χ4n) is 4.02. The van der Waals surface area contributed by atoms with E-state index >= 15 is 0 Å². The summed E-state index contributed by atoms with van der Waals surface area (Å²) in [6.45, 7) is 6.75. The highest BCUT2D eigenvalue weighted by molar-refractivity contribution is 7.12. The summed E-state index contributed by atoms with van der Waals surface area (Å²) >= 11 is 1.49. The Morgan fingerprint density at radius 3 is 2.65 bits per heavy atom. The van der Waals surface area contributed by atoms with Crippen molar-refractivity contribution in [2.24, 2.45) is 0 Å². The Kier molecular flexibility index (Phi) is 4.59. The van der Waals surface area contributed by atoms with E-state index in [9.17, 15) is 4.79 Å². The Hall–Kier alpha value is -2.11. The second kappa shape index (κ2) is 6.89. The fourth-order valence-corrected chi connectivity index (χ4v) is 4.71. The summed E-state index contributed by atoms with van der Waals surface area (Å²) in [6.07, 6.45) is 4.33. The molecule has 1 aliphatic rings. The third kappa shape index (κ3) is 3.06. The summed E-state index contributed by atoms with van der Waals surface area (Å²) in [4.78, 5) is 16.0. The van der Waals surface area contributed by atoms with Crippen LogP contribution in [0.15, 0.2) is 41.9 Å². The molecule has 2 aromatic heterocycles. The predicted molar refractivity (Wildman–Crippen MR) is 109 cm³/mol. The van der Waals surface area contributed by atoms with Crippen molar-refractivity contribution >= 4 is 28.0 Å². The van der Waals surface area contributed by atoms with Gasteiger partial charge in [0.15, 0.2) is 0 Å². The molecule has 2 N–H and O–H groups in total. The van der Waals surface area contributed by atoms with Crippen LogP contribution in [0.2, 0.25) is 0 Å². The first-order valence-corrected chi connectivity index (χ1v) is 10.1. The van der Waals surface area contributed by atoms with E-state index in [0.29, 0.717) is 12.0 Å². The Morgan fingerprint density at radius 2 is 2.00 bits per heavy atom. The van der Waals surface area contributed by atoms with E-state index in [2.05, 4.69) is 24.9 Å². The van der Waals surface area contributed by atoms with Crippen LogP contribution in [0, 0.1) is 0 Å². The molecule has 4 rings (SSSR count). The quantitative estimate of drug-likeness (QED) is 0.554. The normalized spacial score (nSPS) is 16.6. The highest BCUT2D eigenvalue weighted by atomic mass is 32.1. The summed E-state index contributed by atoms with van der Waals surface area (Å²) in [5.74, 6) is 6.80. The van der Waals surface area contributed by atoms with Crippen molar-refractivity contribution in [3.8, 4) is 0 Å². The number of rotatable bonds is 4. The van der Waals surface area contributed by atoms with Gasteiger partial charge < -0.3 is 10.7 Å². The molecule has 0 radical (unpaired) electrons. The van der Waals surface area contributed by atoms with E-state index in [4.69, 9.17) is 5.84 Å². The van der Waals surface area contributed by atoms with Gasteiger partial charge in [0.05, 0.1) is 10.4 Å². The number of aromatic nitrogens is 1. The van der Waals surface area contributed by atoms with Gasteiger partial charge >= 0.3 is 0 Å². The van der Waals surface area contributed by atoms with Crippen LogP contribution in [-0.2, 0) is 0 Å². The van der Waals surface area contributed by atoms with Crippen LogP contribution in [0.3, 0.4) is 0 Å². The summed E-state index contributed by atoms with van der Waals surface area (Å²) in [6, 6.07) is 10.3. The Morgan fingerprint density at radius 1 is 1.23 bits per heavy atom. The number of hydrogen-bond acceptors (Lipinski definition) is 4. The average molecular weight is 368 g/mol. The molecule has 0 amide bonds. The smallest absolute Gasteiger partial charge is 0.202 e. The highest BCUT2D eigenvalue weighted by Crippen LogP contribution is 2.35. The van der Waals surface area contributed by atoms with Gasteiger partial charge in [-0.15, -0.1) is 11.3 Å². The van der Waals surface area contributed by atoms with Gasteiger partial charge in [0, 0.05) is 23.2 Å². The lowest BCUT2D eigenvalue weighted by molar-refractivity contribution is 0.104. The van der Waals surface area contributed by atoms with Crippen LogP contribution in [-0.4, -0.2) is 34.5 Å². The zero-order chi connectivity index (χ0) is 18.3. The van der Waals surface area contributed by atoms with Gasteiger partial charge in [-0.25, -0.2) is 0 Å². The van der Waals surface area contributed by atoms with Gasteiger partial charge in [-0.3, -0.25) is 9.47 Å². The van der Waals surface area contributed by atoms with Crippen LogP contribution in [0.4, 0.5) is 0 Å². The Labute approximate surface area is 158 Å². The van der Waals surface area contributed by atoms with Crippen LogP contribution in [0.5, 0.6) is 0 Å². The second-order valence-electron chi connectivity index (χ2n) is 7.43. The number of carbonyl (C=O) groups excluding carboxylic acids is 1. The molecule has 136 valence electrons. The molecular formula is C21H25N3OS. The molecule has 0 bridgehead atoms. The molecule has 1 fully saturated rings. The number of piperidine rings is 1. The second-order valence-corrected chi connectivity index (χ2v) is 8.38. The third-order valence-electron chi connectivity index (χ3n) is 5.57. The molecule has 0 atom stereocenters. The average Bonchev–Trinajstić information content (AvgIpc) is 3.29. The van der Waals surface area contributed by atoms with E-state index in [1.54, 1.807) is 4.68 Å². The van der Waals surface area contributed by atoms with E-state index in [1.807, 2.05) is 35.7 Å². The number of likely N-dealkylation sites (tertiary alicyclic amines) is 1. The largest absolute Gasteiger partial charge is 0.339 e. The van der Waals surface area contributed by atoms with Gasteiger partial charge in [-0.1, -0.05) is 6.07 Å². The molecule has 0 spiro atoms. The number of nitrogen functional groups attached to an aromatic ring is 1. The first-order chi connectivity index (χ1) is 12.5. The number of nitrogens with two attached hydrogens (primary N) is 1. The van der Waals surface area contributed by atoms with Gasteiger partial charge in [0.25, 0.3) is 0 Å². The monoisotopic (exact) mass is 367 g/mol. The molecule has 3 heterocycles. The maximum Gasteiger partial charge on any atom is 0.202 e. The molecule has 1 aromatic carbocycles. The van der Waals surface area contributed by atoms with Crippen LogP contribution >= 0.6 is 11.3 Å². The van der Waals surface area contributed by atoms with Crippen molar-refractivity contribution in [3.05, 3.63) is 57.9 Å². The zero-order valence-corrected chi connectivity index (χ0v) is 16.1. The van der Waals surface area contributed by atoms with E-state index in [1.165, 1.54) is 16.9 Å². The minimum Gasteiger partial charge on any atom is -0.339 e. The van der Waals surface area contributed by atoms with Crippen LogP contribution in [0.1, 0.15) is 53.4 Å². The SMILES string of the molecule is CC(C)N1CCC(c2cn(N)c3ccc(C(=O)c4cccs4)cc23)CC1. The summed E-state index contributed by atoms with van der Waals surface area (Å²) in [7, 11) is 0. The maximum atomic E-state index is 12.7. The summed E-state index contributed by atoms with van der Waals surface area (Å²) in [5, 5.41) is 3.06. The van der Waals surface area contributed by atoms with Gasteiger partial charge in [-0.2, -0.15) is 0 Å². The summed E-state index contributed by atoms with van der Waals surface area (Å²) in [5.41, 5.74) is 3.02. The first-order valence-electron chi connectivity index (χ1n) is 9.27. The minimum absolute atomic E-state index is 0.0900. The molecular weight excluding hydrogens is 342 g/mol. The van der Waals surface area contributed by atoms with Crippen LogP contribution < -0.4 is 5.84 Å². The minimum atomic E-state index is 0.0900. The number of ketones is 1. The van der Waals surface area contributed by atoms with Crippen molar-refractivity contribution in [1.29, 1.82) is 0 Å². The predicted octanol–water partition coefficient (Wildman–Crippen LogP) is 4.24. The van der Waals surface area contributed by atoms with Crippen molar-refractivity contribution in [2.45, 2.75) is 38.6 Å². The van der Waals surface area contributed by atoms with Gasteiger partial charge in [0.2, 0.25) is 5.78 Å². The standard InChI is InChI=1S/C21H25N3OS/c1-14(2)23-9-7-15(8-10-23)18-13-24(22)19-6-5-16(12-17(18)19)21(25)20-4-3-11-26-20/h3-6,11-15H,7-10,22H2,1-2H3. The molecule has 0 unspecified atom stereocenters. The molecule has 1 saturated heterocycles. The van der Waals surface area contributed by atoms with Crippen molar-refractivity contribution in [1.82, 2.24) is 9.58 Å². The fraction of sp³-hybridized carbons (Fsp3) is 0.381. The number of carbonyl (C=O) groups is 1. The number of fused-ring (bicyclic) bond motifs is 1. The van der Waals surface area contributed by atoms with Crippen molar-refractivity contribution in [2.75, 3.05) is 18.9 Å². The lowest BCUT2D eigenvalue weighted by atomic mass is 9.88. The lowest BCUT2D eigenvalue weighted by Gasteiger charge is -2.34. The van der Waals surface area contributed by atoms with Gasteiger partial charge in [0.1, 0.15) is 0 Å². The number of nitrogens with zero attached hydrogens (tertiary/aromatic N) is 2. The Bertz CT molecular complexity index is 918. The molecule has 0 aliphatic carbocycles. The number of benzene rings is 1. The molecule has 26 heavy (non-hydrogen) atoms. The van der Waals surface area contributed by atoms with Gasteiger partial charge in [-0.05, 0) is 80.9 Å². The van der Waals surface area contributed by atoms with E-state index in [-0.39, 0.29) is 5.78 Å². The molecule has 4 nitrogen and oxygen atoms in total. The third-order valence-corrected chi connectivity index (χ3v) is 6.44. The van der Waals surface area contributed by atoms with E-state index in [0.717, 1.165) is 47.3 Å².